The molecule has 4 aromatic carbocycles. The van der Waals surface area contributed by atoms with Gasteiger partial charge in [-0.1, -0.05) is 54.1 Å². The Morgan fingerprint density at radius 1 is 0.625 bits per heavy atom. The van der Waals surface area contributed by atoms with Gasteiger partial charge < -0.3 is 21.7 Å². The van der Waals surface area contributed by atoms with Gasteiger partial charge in [0.25, 0.3) is 11.5 Å². The third-order valence-corrected chi connectivity index (χ3v) is 11.5. The lowest BCUT2D eigenvalue weighted by Crippen LogP contribution is -2.32. The maximum absolute atomic E-state index is 13.0. The highest BCUT2D eigenvalue weighted by Crippen LogP contribution is 2.33. The van der Waals surface area contributed by atoms with Crippen molar-refractivity contribution in [2.45, 2.75) is 48.5 Å². The number of hydrogen-bond acceptors (Lipinski definition) is 10. The van der Waals surface area contributed by atoms with Gasteiger partial charge in [0, 0.05) is 52.2 Å². The summed E-state index contributed by atoms with van der Waals surface area (Å²) < 4.78 is 1.44. The molecule has 12 heteroatoms. The number of hydrogen-bond donors (Lipinski definition) is 3. The molecule has 10 aromatic rings. The predicted molar refractivity (Wildman–Crippen MR) is 263 cm³/mol. The molecule has 0 saturated heterocycles. The maximum Gasteiger partial charge on any atom is 0.265 e. The first-order chi connectivity index (χ1) is 30.6. The molecule has 0 aliphatic heterocycles. The normalized spacial score (nSPS) is 11.4. The number of carbonyl (C=O) groups is 1. The van der Waals surface area contributed by atoms with Crippen LogP contribution in [0.3, 0.4) is 0 Å². The number of pyridine rings is 5. The zero-order valence-corrected chi connectivity index (χ0v) is 37.8. The Labute approximate surface area is 371 Å². The molecule has 0 saturated carbocycles. The van der Waals surface area contributed by atoms with Gasteiger partial charge in [0.05, 0.1) is 38.9 Å². The average molecular weight is 849 g/mol. The maximum atomic E-state index is 13.0. The van der Waals surface area contributed by atoms with E-state index >= 15 is 0 Å². The molecule has 0 spiro atoms. The predicted octanol–water partition coefficient (Wildman–Crippen LogP) is 9.18. The standard InChI is InChI=1S/C21H20N4O2.C16H17N3.C15H15N3/c1-24(2)11-9-22-20(26)16-8-5-10-25-19(16)23-18-13-15-7-4-3-6-14(15)12-17(18)21(25)27;1-8-5-10(3)15-12(6-8)14(17)13-9(2)7-11(4)18-16(13)19-15;1-8-5-4-6-11-13(16)12-9(2)7-10(3)17-15(12)18-14(8)11/h3-8,10,12-13H,9,11H2,1-2H3,(H,22,26);5-7H,1-4H3,(H2,17,18,19);4-7H,1-3H3,(H2,16,17,18). The van der Waals surface area contributed by atoms with Crippen LogP contribution in [0.5, 0.6) is 0 Å². The van der Waals surface area contributed by atoms with Crippen molar-refractivity contribution in [1.82, 2.24) is 39.5 Å². The molecule has 0 unspecified atom stereocenters. The molecular weight excluding hydrogens is 797 g/mol. The molecular formula is C52H52N10O2. The Morgan fingerprint density at radius 2 is 1.23 bits per heavy atom. The monoisotopic (exact) mass is 848 g/mol. The number of rotatable bonds is 4. The summed E-state index contributed by atoms with van der Waals surface area (Å²) in [5, 5.41) is 9.40. The lowest BCUT2D eigenvalue weighted by atomic mass is 10.0. The Morgan fingerprint density at radius 3 is 1.88 bits per heavy atom. The number of amides is 1. The fourth-order valence-corrected chi connectivity index (χ4v) is 8.46. The zero-order chi connectivity index (χ0) is 45.6. The molecule has 0 atom stereocenters. The molecule has 0 fully saturated rings. The smallest absolute Gasteiger partial charge is 0.265 e. The minimum atomic E-state index is -0.234. The second-order valence-electron chi connectivity index (χ2n) is 16.9. The first kappa shape index (κ1) is 43.1. The van der Waals surface area contributed by atoms with Gasteiger partial charge >= 0.3 is 0 Å². The molecule has 1 amide bonds. The molecule has 6 aromatic heterocycles. The van der Waals surface area contributed by atoms with Gasteiger partial charge in [0.2, 0.25) is 0 Å². The van der Waals surface area contributed by atoms with E-state index in [0.29, 0.717) is 28.7 Å². The minimum absolute atomic E-state index is 0.177. The molecule has 6 heterocycles. The number of nitrogens with one attached hydrogen (secondary N) is 1. The second kappa shape index (κ2) is 17.3. The zero-order valence-electron chi connectivity index (χ0n) is 37.8. The number of nitrogens with two attached hydrogens (primary N) is 2. The number of benzene rings is 4. The van der Waals surface area contributed by atoms with Crippen molar-refractivity contribution in [1.29, 1.82) is 0 Å². The summed E-state index contributed by atoms with van der Waals surface area (Å²) in [6.07, 6.45) is 1.65. The van der Waals surface area contributed by atoms with Gasteiger partial charge in [-0.05, 0) is 138 Å². The topological polar surface area (TPSA) is 170 Å². The summed E-state index contributed by atoms with van der Waals surface area (Å²) >= 11 is 0. The van der Waals surface area contributed by atoms with Crippen molar-refractivity contribution < 1.29 is 4.79 Å². The lowest BCUT2D eigenvalue weighted by molar-refractivity contribution is 0.0952. The molecule has 0 aliphatic carbocycles. The first-order valence-electron chi connectivity index (χ1n) is 21.2. The van der Waals surface area contributed by atoms with Crippen LogP contribution in [-0.4, -0.2) is 67.3 Å². The third kappa shape index (κ3) is 8.23. The molecule has 12 nitrogen and oxygen atoms in total. The molecule has 322 valence electrons. The Kier molecular flexibility index (Phi) is 11.6. The highest BCUT2D eigenvalue weighted by molar-refractivity contribution is 6.09. The van der Waals surface area contributed by atoms with Crippen LogP contribution in [0.4, 0.5) is 11.4 Å². The van der Waals surface area contributed by atoms with E-state index in [9.17, 15) is 9.59 Å². The average Bonchev–Trinajstić information content (AvgIpc) is 3.24. The van der Waals surface area contributed by atoms with Crippen molar-refractivity contribution in [2.75, 3.05) is 38.7 Å². The van der Waals surface area contributed by atoms with Gasteiger partial charge in [-0.2, -0.15) is 0 Å². The van der Waals surface area contributed by atoms with E-state index in [1.807, 2.05) is 100 Å². The summed E-state index contributed by atoms with van der Waals surface area (Å²) in [5.74, 6) is -0.234. The van der Waals surface area contributed by atoms with Crippen molar-refractivity contribution in [3.63, 3.8) is 0 Å². The van der Waals surface area contributed by atoms with E-state index in [0.717, 1.165) is 106 Å². The Hall–Kier alpha value is -7.57. The van der Waals surface area contributed by atoms with Gasteiger partial charge in [0.1, 0.15) is 0 Å². The van der Waals surface area contributed by atoms with E-state index in [4.69, 9.17) is 16.5 Å². The van der Waals surface area contributed by atoms with E-state index in [1.54, 1.807) is 18.3 Å². The molecule has 64 heavy (non-hydrogen) atoms. The first-order valence-corrected chi connectivity index (χ1v) is 21.2. The van der Waals surface area contributed by atoms with E-state index < -0.39 is 0 Å². The van der Waals surface area contributed by atoms with Crippen LogP contribution in [0.15, 0.2) is 102 Å². The number of likely N-dealkylation sites (N-methyl/N-ethyl adjacent to an activating group) is 1. The highest BCUT2D eigenvalue weighted by Gasteiger charge is 2.16. The van der Waals surface area contributed by atoms with Crippen LogP contribution in [0.2, 0.25) is 0 Å². The Bertz CT molecular complexity index is 3560. The van der Waals surface area contributed by atoms with Crippen molar-refractivity contribution in [3.8, 4) is 0 Å². The van der Waals surface area contributed by atoms with Gasteiger partial charge in [-0.3, -0.25) is 14.0 Å². The molecule has 0 radical (unpaired) electrons. The second-order valence-corrected chi connectivity index (χ2v) is 16.9. The minimum Gasteiger partial charge on any atom is -0.398 e. The fourth-order valence-electron chi connectivity index (χ4n) is 8.46. The molecule has 0 bridgehead atoms. The number of anilines is 2. The largest absolute Gasteiger partial charge is 0.398 e. The van der Waals surface area contributed by atoms with Crippen molar-refractivity contribution in [3.05, 3.63) is 152 Å². The summed E-state index contributed by atoms with van der Waals surface area (Å²) in [7, 11) is 3.89. The third-order valence-electron chi connectivity index (χ3n) is 11.5. The van der Waals surface area contributed by atoms with Crippen LogP contribution in [0, 0.1) is 48.5 Å². The summed E-state index contributed by atoms with van der Waals surface area (Å²) in [5.41, 5.74) is 26.5. The quantitative estimate of drug-likeness (QED) is 0.145. The highest BCUT2D eigenvalue weighted by atomic mass is 16.2. The molecule has 0 aliphatic rings. The number of para-hydroxylation sites is 1. The Balaban J connectivity index is 0.000000135. The number of carbonyl (C=O) groups excluding carboxylic acids is 1. The lowest BCUT2D eigenvalue weighted by Gasteiger charge is -2.12. The van der Waals surface area contributed by atoms with E-state index in [1.165, 1.54) is 9.96 Å². The summed E-state index contributed by atoms with van der Waals surface area (Å²) in [6.45, 7) is 15.5. The van der Waals surface area contributed by atoms with Crippen LogP contribution in [-0.2, 0) is 0 Å². The van der Waals surface area contributed by atoms with Crippen LogP contribution in [0.1, 0.15) is 49.6 Å². The SMILES string of the molecule is CN(C)CCNC(=O)c1cccn2c(=O)c3cc4ccccc4cc3nc12.Cc1cc(C)c2c(N)c3cccc(C)c3nc2n1.Cc1cc(C)c2nc3nc(C)cc(C)c3c(N)c2c1. The molecule has 10 rings (SSSR count). The van der Waals surface area contributed by atoms with Crippen LogP contribution < -0.4 is 22.3 Å². The van der Waals surface area contributed by atoms with Crippen molar-refractivity contribution >= 4 is 88.5 Å². The van der Waals surface area contributed by atoms with E-state index in [2.05, 4.69) is 71.1 Å². The van der Waals surface area contributed by atoms with Gasteiger partial charge in [-0.25, -0.2) is 24.9 Å². The number of aryl methyl sites for hydroxylation is 7. The van der Waals surface area contributed by atoms with Crippen LogP contribution in [0.25, 0.3) is 71.2 Å². The van der Waals surface area contributed by atoms with E-state index in [-0.39, 0.29) is 11.5 Å². The van der Waals surface area contributed by atoms with Gasteiger partial charge in [0.15, 0.2) is 16.9 Å². The number of nitrogen functional groups attached to an aromatic ring is 2. The van der Waals surface area contributed by atoms with Crippen LogP contribution >= 0.6 is 0 Å². The summed E-state index contributed by atoms with van der Waals surface area (Å²) in [4.78, 5) is 50.6. The number of aromatic nitrogens is 6. The number of fused-ring (bicyclic) bond motifs is 7. The van der Waals surface area contributed by atoms with Crippen molar-refractivity contribution in [2.24, 2.45) is 0 Å². The number of nitrogens with zero attached hydrogens (tertiary/aromatic N) is 7. The van der Waals surface area contributed by atoms with Gasteiger partial charge in [-0.15, -0.1) is 0 Å². The molecule has 5 N–H and O–H groups in total. The summed E-state index contributed by atoms with van der Waals surface area (Å²) in [6, 6.07) is 29.4. The fraction of sp³-hybridized carbons (Fsp3) is 0.212.